The highest BCUT2D eigenvalue weighted by Crippen LogP contribution is 2.22. The lowest BCUT2D eigenvalue weighted by molar-refractivity contribution is -0.146. The number of carboxylic acids is 1. The third kappa shape index (κ3) is 3.45. The maximum Gasteiger partial charge on any atom is 0.318 e. The predicted octanol–water partition coefficient (Wildman–Crippen LogP) is 1.66. The van der Waals surface area contributed by atoms with Crippen molar-refractivity contribution in [2.24, 2.45) is 5.41 Å². The molecule has 0 atom stereocenters. The summed E-state index contributed by atoms with van der Waals surface area (Å²) in [7, 11) is 1.44. The largest absolute Gasteiger partial charge is 0.481 e. The summed E-state index contributed by atoms with van der Waals surface area (Å²) in [6.07, 6.45) is 1.39. The molecular weight excluding hydrogens is 246 g/mol. The second kappa shape index (κ2) is 5.18. The third-order valence-corrected chi connectivity index (χ3v) is 2.46. The SMILES string of the molecule is COc1ncc(Cl)c(NCC(C)(C)C(=O)O)n1. The number of rotatable bonds is 5. The standard InChI is InChI=1S/C10H14ClN3O3/c1-10(2,8(15)16)5-13-7-6(11)4-12-9(14-7)17-3/h4H,5H2,1-3H3,(H,15,16)(H,12,13,14). The monoisotopic (exact) mass is 259 g/mol. The van der Waals surface area contributed by atoms with Gasteiger partial charge in [-0.1, -0.05) is 11.6 Å². The van der Waals surface area contributed by atoms with Gasteiger partial charge in [0, 0.05) is 6.54 Å². The van der Waals surface area contributed by atoms with E-state index in [-0.39, 0.29) is 12.6 Å². The molecule has 0 fully saturated rings. The first kappa shape index (κ1) is 13.5. The fourth-order valence-corrected chi connectivity index (χ4v) is 1.11. The number of nitrogens with one attached hydrogen (secondary N) is 1. The van der Waals surface area contributed by atoms with Crippen molar-refractivity contribution in [2.75, 3.05) is 19.0 Å². The molecule has 2 N–H and O–H groups in total. The van der Waals surface area contributed by atoms with Crippen LogP contribution in [0.15, 0.2) is 6.20 Å². The van der Waals surface area contributed by atoms with E-state index in [1.54, 1.807) is 13.8 Å². The van der Waals surface area contributed by atoms with E-state index in [4.69, 9.17) is 21.4 Å². The van der Waals surface area contributed by atoms with Gasteiger partial charge in [-0.3, -0.25) is 4.79 Å². The van der Waals surface area contributed by atoms with Crippen LogP contribution >= 0.6 is 11.6 Å². The van der Waals surface area contributed by atoms with Crippen LogP contribution in [0.1, 0.15) is 13.8 Å². The van der Waals surface area contributed by atoms with Crippen molar-refractivity contribution < 1.29 is 14.6 Å². The summed E-state index contributed by atoms with van der Waals surface area (Å²) in [6.45, 7) is 3.41. The number of nitrogens with zero attached hydrogens (tertiary/aromatic N) is 2. The maximum absolute atomic E-state index is 10.9. The molecule has 6 nitrogen and oxygen atoms in total. The normalized spacial score (nSPS) is 11.1. The molecule has 1 aromatic rings. The summed E-state index contributed by atoms with van der Waals surface area (Å²) < 4.78 is 4.85. The Morgan fingerprint density at radius 2 is 2.29 bits per heavy atom. The van der Waals surface area contributed by atoms with Crippen molar-refractivity contribution in [3.05, 3.63) is 11.2 Å². The van der Waals surface area contributed by atoms with Crippen LogP contribution in [-0.4, -0.2) is 34.7 Å². The molecule has 0 aliphatic rings. The van der Waals surface area contributed by atoms with E-state index in [1.165, 1.54) is 13.3 Å². The fraction of sp³-hybridized carbons (Fsp3) is 0.500. The van der Waals surface area contributed by atoms with E-state index in [9.17, 15) is 4.79 Å². The molecule has 0 amide bonds. The van der Waals surface area contributed by atoms with Crippen LogP contribution in [0.4, 0.5) is 5.82 Å². The van der Waals surface area contributed by atoms with Gasteiger partial charge in [0.25, 0.3) is 0 Å². The first-order valence-corrected chi connectivity index (χ1v) is 5.28. The zero-order valence-corrected chi connectivity index (χ0v) is 10.6. The summed E-state index contributed by atoms with van der Waals surface area (Å²) in [5.74, 6) is -0.546. The molecule has 1 heterocycles. The van der Waals surface area contributed by atoms with Crippen molar-refractivity contribution >= 4 is 23.4 Å². The van der Waals surface area contributed by atoms with Crippen molar-refractivity contribution in [1.29, 1.82) is 0 Å². The molecule has 7 heteroatoms. The molecule has 0 saturated carbocycles. The van der Waals surface area contributed by atoms with Gasteiger partial charge in [-0.15, -0.1) is 0 Å². The van der Waals surface area contributed by atoms with Crippen LogP contribution < -0.4 is 10.1 Å². The molecule has 0 radical (unpaired) electrons. The van der Waals surface area contributed by atoms with Crippen LogP contribution in [0, 0.1) is 5.41 Å². The van der Waals surface area contributed by atoms with Gasteiger partial charge in [-0.2, -0.15) is 4.98 Å². The van der Waals surface area contributed by atoms with Gasteiger partial charge in [0.05, 0.1) is 18.7 Å². The quantitative estimate of drug-likeness (QED) is 0.837. The summed E-state index contributed by atoms with van der Waals surface area (Å²) in [4.78, 5) is 18.7. The van der Waals surface area contributed by atoms with Crippen molar-refractivity contribution in [3.63, 3.8) is 0 Å². The van der Waals surface area contributed by atoms with Gasteiger partial charge in [-0.05, 0) is 13.8 Å². The van der Waals surface area contributed by atoms with Gasteiger partial charge in [-0.25, -0.2) is 4.98 Å². The lowest BCUT2D eigenvalue weighted by Gasteiger charge is -2.20. The van der Waals surface area contributed by atoms with Gasteiger partial charge in [0.1, 0.15) is 5.02 Å². The molecule has 0 aliphatic heterocycles. The van der Waals surface area contributed by atoms with Crippen molar-refractivity contribution in [2.45, 2.75) is 13.8 Å². The Bertz CT molecular complexity index is 423. The van der Waals surface area contributed by atoms with Crippen molar-refractivity contribution in [3.8, 4) is 6.01 Å². The summed E-state index contributed by atoms with van der Waals surface area (Å²) >= 11 is 5.87. The number of aliphatic carboxylic acids is 1. The van der Waals surface area contributed by atoms with Gasteiger partial charge < -0.3 is 15.2 Å². The van der Waals surface area contributed by atoms with Gasteiger partial charge in [0.15, 0.2) is 5.82 Å². The van der Waals surface area contributed by atoms with E-state index >= 15 is 0 Å². The average Bonchev–Trinajstić information content (AvgIpc) is 2.28. The number of halogens is 1. The molecule has 0 aromatic carbocycles. The van der Waals surface area contributed by atoms with Crippen LogP contribution in [0.25, 0.3) is 0 Å². The maximum atomic E-state index is 10.9. The highest BCUT2D eigenvalue weighted by molar-refractivity contribution is 6.32. The number of aromatic nitrogens is 2. The van der Waals surface area contributed by atoms with Gasteiger partial charge >= 0.3 is 12.0 Å². The summed E-state index contributed by atoms with van der Waals surface area (Å²) in [5.41, 5.74) is -0.915. The second-order valence-corrected chi connectivity index (χ2v) is 4.50. The Kier molecular flexibility index (Phi) is 4.11. The number of methoxy groups -OCH3 is 1. The number of ether oxygens (including phenoxy) is 1. The Balaban J connectivity index is 2.78. The van der Waals surface area contributed by atoms with E-state index in [0.717, 1.165) is 0 Å². The molecule has 1 rings (SSSR count). The van der Waals surface area contributed by atoms with Crippen LogP contribution in [-0.2, 0) is 4.79 Å². The molecule has 0 saturated heterocycles. The topological polar surface area (TPSA) is 84.3 Å². The van der Waals surface area contributed by atoms with Crippen LogP contribution in [0.5, 0.6) is 6.01 Å². The zero-order chi connectivity index (χ0) is 13.1. The molecule has 0 aliphatic carbocycles. The number of carboxylic acid groups (broad SMARTS) is 1. The lowest BCUT2D eigenvalue weighted by atomic mass is 9.94. The first-order chi connectivity index (χ1) is 7.86. The first-order valence-electron chi connectivity index (χ1n) is 4.90. The minimum Gasteiger partial charge on any atom is -0.481 e. The third-order valence-electron chi connectivity index (χ3n) is 2.18. The zero-order valence-electron chi connectivity index (χ0n) is 9.82. The molecule has 94 valence electrons. The summed E-state index contributed by atoms with van der Waals surface area (Å²) in [6, 6.07) is 0.171. The van der Waals surface area contributed by atoms with E-state index in [2.05, 4.69) is 15.3 Å². The summed E-state index contributed by atoms with van der Waals surface area (Å²) in [5, 5.41) is 12.1. The second-order valence-electron chi connectivity index (χ2n) is 4.10. The number of hydrogen-bond donors (Lipinski definition) is 2. The number of carbonyl (C=O) groups is 1. The molecule has 0 unspecified atom stereocenters. The smallest absolute Gasteiger partial charge is 0.318 e. The lowest BCUT2D eigenvalue weighted by Crippen LogP contribution is -2.32. The Hall–Kier alpha value is -1.56. The predicted molar refractivity (Wildman–Crippen MR) is 63.5 cm³/mol. The Labute approximate surface area is 104 Å². The molecule has 0 spiro atoms. The van der Waals surface area contributed by atoms with Crippen molar-refractivity contribution in [1.82, 2.24) is 9.97 Å². The highest BCUT2D eigenvalue weighted by Gasteiger charge is 2.27. The molecule has 17 heavy (non-hydrogen) atoms. The van der Waals surface area contributed by atoms with Crippen LogP contribution in [0.3, 0.4) is 0 Å². The molecule has 0 bridgehead atoms. The average molecular weight is 260 g/mol. The molecule has 1 aromatic heterocycles. The van der Waals surface area contributed by atoms with E-state index in [1.807, 2.05) is 0 Å². The highest BCUT2D eigenvalue weighted by atomic mass is 35.5. The molecular formula is C10H14ClN3O3. The Morgan fingerprint density at radius 1 is 1.65 bits per heavy atom. The number of hydrogen-bond acceptors (Lipinski definition) is 5. The minimum absolute atomic E-state index is 0.171. The fourth-order valence-electron chi connectivity index (χ4n) is 0.954. The Morgan fingerprint density at radius 3 is 2.82 bits per heavy atom. The van der Waals surface area contributed by atoms with E-state index in [0.29, 0.717) is 10.8 Å². The van der Waals surface area contributed by atoms with Crippen LogP contribution in [0.2, 0.25) is 5.02 Å². The van der Waals surface area contributed by atoms with E-state index < -0.39 is 11.4 Å². The minimum atomic E-state index is -0.915. The van der Waals surface area contributed by atoms with Gasteiger partial charge in [0.2, 0.25) is 0 Å². The number of anilines is 1.